The molecule has 0 saturated heterocycles. The van der Waals surface area contributed by atoms with Crippen molar-refractivity contribution in [1.29, 1.82) is 5.26 Å². The molecule has 1 atom stereocenters. The lowest BCUT2D eigenvalue weighted by molar-refractivity contribution is -0.122. The molecular weight excluding hydrogens is 245 g/mol. The molecular formula is C14H16FN3O. The van der Waals surface area contributed by atoms with Gasteiger partial charge in [0, 0.05) is 18.2 Å². The first-order valence-corrected chi connectivity index (χ1v) is 6.32. The Morgan fingerprint density at radius 1 is 1.58 bits per heavy atom. The standard InChI is InChI=1S/C14H16FN3O/c1-9(14(19)18-12-3-4-12)17-8-11-6-10(7-16)2-5-13(11)15/h2,5-6,9,12,17H,3-4,8H2,1H3,(H,18,19). The summed E-state index contributed by atoms with van der Waals surface area (Å²) in [5, 5.41) is 14.6. The summed E-state index contributed by atoms with van der Waals surface area (Å²) in [6.45, 7) is 1.96. The first-order chi connectivity index (χ1) is 9.10. The molecule has 1 aliphatic rings. The van der Waals surface area contributed by atoms with Crippen molar-refractivity contribution in [2.24, 2.45) is 0 Å². The first kappa shape index (κ1) is 13.5. The Morgan fingerprint density at radius 2 is 2.32 bits per heavy atom. The van der Waals surface area contributed by atoms with Gasteiger partial charge in [-0.15, -0.1) is 0 Å². The minimum atomic E-state index is -0.384. The highest BCUT2D eigenvalue weighted by atomic mass is 19.1. The molecule has 2 rings (SSSR count). The number of halogens is 1. The molecule has 1 aromatic carbocycles. The van der Waals surface area contributed by atoms with E-state index in [4.69, 9.17) is 5.26 Å². The molecule has 4 nitrogen and oxygen atoms in total. The summed E-state index contributed by atoms with van der Waals surface area (Å²) < 4.78 is 13.5. The van der Waals surface area contributed by atoms with Crippen LogP contribution in [-0.2, 0) is 11.3 Å². The Morgan fingerprint density at radius 3 is 2.95 bits per heavy atom. The average molecular weight is 261 g/mol. The maximum atomic E-state index is 13.5. The van der Waals surface area contributed by atoms with Crippen molar-refractivity contribution < 1.29 is 9.18 Å². The van der Waals surface area contributed by atoms with Crippen molar-refractivity contribution in [1.82, 2.24) is 10.6 Å². The maximum absolute atomic E-state index is 13.5. The molecule has 0 bridgehead atoms. The van der Waals surface area contributed by atoms with E-state index in [1.807, 2.05) is 6.07 Å². The summed E-state index contributed by atoms with van der Waals surface area (Å²) in [6.07, 6.45) is 2.08. The van der Waals surface area contributed by atoms with E-state index in [-0.39, 0.29) is 24.3 Å². The third kappa shape index (κ3) is 3.76. The Kier molecular flexibility index (Phi) is 4.13. The molecule has 1 fully saturated rings. The van der Waals surface area contributed by atoms with E-state index in [0.29, 0.717) is 17.2 Å². The van der Waals surface area contributed by atoms with Crippen LogP contribution in [0.4, 0.5) is 4.39 Å². The normalized spacial score (nSPS) is 15.6. The third-order valence-corrected chi connectivity index (χ3v) is 3.09. The summed E-state index contributed by atoms with van der Waals surface area (Å²) in [6, 6.07) is 6.09. The van der Waals surface area contributed by atoms with Gasteiger partial charge >= 0.3 is 0 Å². The summed E-state index contributed by atoms with van der Waals surface area (Å²) in [7, 11) is 0. The molecule has 0 radical (unpaired) electrons. The molecule has 100 valence electrons. The zero-order valence-corrected chi connectivity index (χ0v) is 10.7. The van der Waals surface area contributed by atoms with Crippen LogP contribution in [0, 0.1) is 17.1 Å². The molecule has 0 spiro atoms. The SMILES string of the molecule is CC(NCc1cc(C#N)ccc1F)C(=O)NC1CC1. The predicted octanol–water partition coefficient (Wildman–Crippen LogP) is 1.45. The molecule has 0 aromatic heterocycles. The maximum Gasteiger partial charge on any atom is 0.237 e. The fourth-order valence-corrected chi connectivity index (χ4v) is 1.69. The van der Waals surface area contributed by atoms with Crippen molar-refractivity contribution in [3.63, 3.8) is 0 Å². The van der Waals surface area contributed by atoms with E-state index in [0.717, 1.165) is 12.8 Å². The molecule has 0 aliphatic heterocycles. The van der Waals surface area contributed by atoms with Crippen LogP contribution in [0.25, 0.3) is 0 Å². The zero-order chi connectivity index (χ0) is 13.8. The number of carbonyl (C=O) groups excluding carboxylic acids is 1. The van der Waals surface area contributed by atoms with Crippen LogP contribution in [0.2, 0.25) is 0 Å². The zero-order valence-electron chi connectivity index (χ0n) is 10.7. The number of amides is 1. The van der Waals surface area contributed by atoms with Crippen LogP contribution in [-0.4, -0.2) is 18.0 Å². The molecule has 1 amide bonds. The second-order valence-corrected chi connectivity index (χ2v) is 4.80. The van der Waals surface area contributed by atoms with Crippen molar-refractivity contribution in [3.05, 3.63) is 35.1 Å². The summed E-state index contributed by atoms with van der Waals surface area (Å²) in [4.78, 5) is 11.7. The molecule has 1 saturated carbocycles. The number of rotatable bonds is 5. The first-order valence-electron chi connectivity index (χ1n) is 6.32. The number of benzene rings is 1. The highest BCUT2D eigenvalue weighted by Crippen LogP contribution is 2.18. The lowest BCUT2D eigenvalue weighted by Gasteiger charge is -2.14. The van der Waals surface area contributed by atoms with Gasteiger partial charge in [-0.1, -0.05) is 0 Å². The van der Waals surface area contributed by atoms with Gasteiger partial charge in [0.15, 0.2) is 0 Å². The number of hydrogen-bond donors (Lipinski definition) is 2. The molecule has 1 unspecified atom stereocenters. The van der Waals surface area contributed by atoms with E-state index >= 15 is 0 Å². The van der Waals surface area contributed by atoms with Gasteiger partial charge in [-0.05, 0) is 38.0 Å². The summed E-state index contributed by atoms with van der Waals surface area (Å²) in [5.41, 5.74) is 0.804. The van der Waals surface area contributed by atoms with Crippen molar-refractivity contribution in [2.75, 3.05) is 0 Å². The smallest absolute Gasteiger partial charge is 0.237 e. The van der Waals surface area contributed by atoms with Crippen LogP contribution in [0.1, 0.15) is 30.9 Å². The van der Waals surface area contributed by atoms with Crippen LogP contribution in [0.3, 0.4) is 0 Å². The third-order valence-electron chi connectivity index (χ3n) is 3.09. The Labute approximate surface area is 111 Å². The highest BCUT2D eigenvalue weighted by Gasteiger charge is 2.25. The fraction of sp³-hybridized carbons (Fsp3) is 0.429. The van der Waals surface area contributed by atoms with E-state index in [9.17, 15) is 9.18 Å². The van der Waals surface area contributed by atoms with Gasteiger partial charge < -0.3 is 10.6 Å². The van der Waals surface area contributed by atoms with Crippen molar-refractivity contribution >= 4 is 5.91 Å². The Balaban J connectivity index is 1.90. The minimum Gasteiger partial charge on any atom is -0.352 e. The van der Waals surface area contributed by atoms with Gasteiger partial charge in [-0.25, -0.2) is 4.39 Å². The van der Waals surface area contributed by atoms with Gasteiger partial charge in [0.05, 0.1) is 17.7 Å². The van der Waals surface area contributed by atoms with Crippen LogP contribution in [0.15, 0.2) is 18.2 Å². The largest absolute Gasteiger partial charge is 0.352 e. The van der Waals surface area contributed by atoms with Gasteiger partial charge in [0.1, 0.15) is 5.82 Å². The molecule has 2 N–H and O–H groups in total. The number of hydrogen-bond acceptors (Lipinski definition) is 3. The van der Waals surface area contributed by atoms with Crippen LogP contribution < -0.4 is 10.6 Å². The lowest BCUT2D eigenvalue weighted by Crippen LogP contribution is -2.42. The van der Waals surface area contributed by atoms with Gasteiger partial charge in [-0.3, -0.25) is 4.79 Å². The highest BCUT2D eigenvalue weighted by molar-refractivity contribution is 5.81. The van der Waals surface area contributed by atoms with Crippen molar-refractivity contribution in [2.45, 2.75) is 38.4 Å². The monoisotopic (exact) mass is 261 g/mol. The van der Waals surface area contributed by atoms with E-state index in [1.165, 1.54) is 18.2 Å². The Bertz CT molecular complexity index is 520. The molecule has 1 aliphatic carbocycles. The van der Waals surface area contributed by atoms with Crippen LogP contribution >= 0.6 is 0 Å². The van der Waals surface area contributed by atoms with Gasteiger partial charge in [-0.2, -0.15) is 5.26 Å². The van der Waals surface area contributed by atoms with Crippen LogP contribution in [0.5, 0.6) is 0 Å². The number of nitrogens with one attached hydrogen (secondary N) is 2. The summed E-state index contributed by atoms with van der Waals surface area (Å²) >= 11 is 0. The second-order valence-electron chi connectivity index (χ2n) is 4.80. The number of nitriles is 1. The topological polar surface area (TPSA) is 64.9 Å². The molecule has 1 aromatic rings. The molecule has 0 heterocycles. The second kappa shape index (κ2) is 5.81. The number of carbonyl (C=O) groups is 1. The van der Waals surface area contributed by atoms with Gasteiger partial charge in [0.25, 0.3) is 0 Å². The van der Waals surface area contributed by atoms with Gasteiger partial charge in [0.2, 0.25) is 5.91 Å². The van der Waals surface area contributed by atoms with E-state index < -0.39 is 0 Å². The summed E-state index contributed by atoms with van der Waals surface area (Å²) in [5.74, 6) is -0.444. The van der Waals surface area contributed by atoms with E-state index in [2.05, 4.69) is 10.6 Å². The fourth-order valence-electron chi connectivity index (χ4n) is 1.69. The average Bonchev–Trinajstić information content (AvgIpc) is 3.21. The van der Waals surface area contributed by atoms with Crippen molar-refractivity contribution in [3.8, 4) is 6.07 Å². The quantitative estimate of drug-likeness (QED) is 0.843. The molecule has 5 heteroatoms. The lowest BCUT2D eigenvalue weighted by atomic mass is 10.1. The number of nitrogens with zero attached hydrogens (tertiary/aromatic N) is 1. The predicted molar refractivity (Wildman–Crippen MR) is 68.6 cm³/mol. The van der Waals surface area contributed by atoms with E-state index in [1.54, 1.807) is 6.92 Å². The molecule has 19 heavy (non-hydrogen) atoms. The minimum absolute atomic E-state index is 0.0701. The Hall–Kier alpha value is -1.93.